The smallest absolute Gasteiger partial charge is 0.271 e. The van der Waals surface area contributed by atoms with E-state index in [4.69, 9.17) is 0 Å². The lowest BCUT2D eigenvalue weighted by atomic mass is 10.1. The number of amides is 1. The number of hydrogen-bond acceptors (Lipinski definition) is 5. The number of halogens is 2. The molecule has 1 fully saturated rings. The van der Waals surface area contributed by atoms with Gasteiger partial charge >= 0.3 is 0 Å². The lowest BCUT2D eigenvalue weighted by Crippen LogP contribution is -2.45. The normalized spacial score (nSPS) is 17.4. The molecular weight excluding hydrogens is 349 g/mol. The highest BCUT2D eigenvalue weighted by Gasteiger charge is 2.18. The molecule has 2 aromatic heterocycles. The van der Waals surface area contributed by atoms with Crippen LogP contribution in [0.2, 0.25) is 0 Å². The quantitative estimate of drug-likeness (QED) is 0.877. The topological polar surface area (TPSA) is 54.0 Å². The lowest BCUT2D eigenvalue weighted by molar-refractivity contribution is 0.0926. The molecule has 0 aromatic carbocycles. The number of rotatable bonds is 3. The van der Waals surface area contributed by atoms with Crippen molar-refractivity contribution < 1.29 is 4.79 Å². The van der Waals surface area contributed by atoms with Gasteiger partial charge in [0.05, 0.1) is 4.88 Å². The summed E-state index contributed by atoms with van der Waals surface area (Å²) in [4.78, 5) is 17.6. The fourth-order valence-electron chi connectivity index (χ4n) is 2.13. The van der Waals surface area contributed by atoms with Gasteiger partial charge in [0.15, 0.2) is 0 Å². The first-order chi connectivity index (χ1) is 9.33. The minimum Gasteiger partial charge on any atom is -0.347 e. The molecule has 21 heavy (non-hydrogen) atoms. The number of carbonyl (C=O) groups is 1. The van der Waals surface area contributed by atoms with Crippen LogP contribution in [0, 0.1) is 0 Å². The van der Waals surface area contributed by atoms with Crippen LogP contribution in [-0.2, 0) is 0 Å². The molecule has 1 saturated heterocycles. The Morgan fingerprint density at radius 1 is 1.38 bits per heavy atom. The van der Waals surface area contributed by atoms with Crippen molar-refractivity contribution in [2.75, 3.05) is 13.1 Å². The van der Waals surface area contributed by atoms with Crippen molar-refractivity contribution in [3.8, 4) is 9.88 Å². The average molecular weight is 366 g/mol. The molecule has 0 spiro atoms. The van der Waals surface area contributed by atoms with E-state index in [2.05, 4.69) is 15.6 Å². The molecule has 1 amide bonds. The van der Waals surface area contributed by atoms with Crippen molar-refractivity contribution in [1.82, 2.24) is 15.6 Å². The standard InChI is InChI=1S/C13H15N3OS2.2ClH/c17-12(15-9-3-1-5-14-7-9)10-8-19-13(16-10)11-4-2-6-18-11;;/h2,4,6,8-9,14H,1,3,5,7H2,(H,15,17);2*1H. The summed E-state index contributed by atoms with van der Waals surface area (Å²) in [6, 6.07) is 4.25. The van der Waals surface area contributed by atoms with Crippen LogP contribution in [0.25, 0.3) is 9.88 Å². The van der Waals surface area contributed by atoms with E-state index in [-0.39, 0.29) is 36.8 Å². The Morgan fingerprint density at radius 3 is 2.90 bits per heavy atom. The summed E-state index contributed by atoms with van der Waals surface area (Å²) in [6.45, 7) is 1.90. The second kappa shape index (κ2) is 8.70. The average Bonchev–Trinajstić information content (AvgIpc) is 3.11. The van der Waals surface area contributed by atoms with Crippen LogP contribution >= 0.6 is 47.5 Å². The van der Waals surface area contributed by atoms with Gasteiger partial charge in [0.25, 0.3) is 5.91 Å². The number of carbonyl (C=O) groups excluding carboxylic acids is 1. The Balaban J connectivity index is 0.00000110. The third-order valence-corrected chi connectivity index (χ3v) is 4.98. The minimum atomic E-state index is -0.0623. The van der Waals surface area contributed by atoms with Gasteiger partial charge in [0.1, 0.15) is 10.7 Å². The van der Waals surface area contributed by atoms with E-state index in [9.17, 15) is 4.79 Å². The second-order valence-electron chi connectivity index (χ2n) is 4.53. The van der Waals surface area contributed by atoms with Crippen LogP contribution in [0.15, 0.2) is 22.9 Å². The van der Waals surface area contributed by atoms with Gasteiger partial charge in [-0.25, -0.2) is 4.98 Å². The number of thiazole rings is 1. The minimum absolute atomic E-state index is 0. The van der Waals surface area contributed by atoms with Crippen LogP contribution in [0.1, 0.15) is 23.3 Å². The summed E-state index contributed by atoms with van der Waals surface area (Å²) in [6.07, 6.45) is 2.16. The molecular formula is C13H17Cl2N3OS2. The molecule has 1 atom stereocenters. The highest BCUT2D eigenvalue weighted by Crippen LogP contribution is 2.27. The van der Waals surface area contributed by atoms with Crippen LogP contribution in [0.4, 0.5) is 0 Å². The summed E-state index contributed by atoms with van der Waals surface area (Å²) in [5, 5.41) is 11.1. The summed E-state index contributed by atoms with van der Waals surface area (Å²) >= 11 is 3.16. The summed E-state index contributed by atoms with van der Waals surface area (Å²) in [5.74, 6) is -0.0623. The maximum absolute atomic E-state index is 12.1. The Hall–Kier alpha value is -0.660. The predicted molar refractivity (Wildman–Crippen MR) is 93.3 cm³/mol. The Kier molecular flexibility index (Phi) is 7.62. The van der Waals surface area contributed by atoms with Crippen molar-refractivity contribution in [2.24, 2.45) is 0 Å². The van der Waals surface area contributed by atoms with Gasteiger partial charge in [-0.15, -0.1) is 47.5 Å². The van der Waals surface area contributed by atoms with Gasteiger partial charge in [0.2, 0.25) is 0 Å². The third kappa shape index (κ3) is 4.66. The molecule has 116 valence electrons. The molecule has 3 heterocycles. The van der Waals surface area contributed by atoms with E-state index in [0.29, 0.717) is 5.69 Å². The van der Waals surface area contributed by atoms with Crippen molar-refractivity contribution in [3.05, 3.63) is 28.6 Å². The first kappa shape index (κ1) is 18.4. The molecule has 2 N–H and O–H groups in total. The molecule has 0 radical (unpaired) electrons. The van der Waals surface area contributed by atoms with E-state index >= 15 is 0 Å². The zero-order valence-corrected chi connectivity index (χ0v) is 14.5. The molecule has 1 aliphatic rings. The number of nitrogens with zero attached hydrogens (tertiary/aromatic N) is 1. The number of piperidine rings is 1. The zero-order chi connectivity index (χ0) is 13.1. The van der Waals surface area contributed by atoms with E-state index < -0.39 is 0 Å². The summed E-state index contributed by atoms with van der Waals surface area (Å²) in [5.41, 5.74) is 0.527. The highest BCUT2D eigenvalue weighted by molar-refractivity contribution is 7.20. The van der Waals surface area contributed by atoms with Gasteiger partial charge in [-0.1, -0.05) is 6.07 Å². The molecule has 3 rings (SSSR count). The van der Waals surface area contributed by atoms with Crippen LogP contribution in [0.3, 0.4) is 0 Å². The van der Waals surface area contributed by atoms with Gasteiger partial charge in [-0.3, -0.25) is 4.79 Å². The largest absolute Gasteiger partial charge is 0.347 e. The third-order valence-electron chi connectivity index (χ3n) is 3.10. The van der Waals surface area contributed by atoms with Crippen molar-refractivity contribution in [2.45, 2.75) is 18.9 Å². The highest BCUT2D eigenvalue weighted by atomic mass is 35.5. The molecule has 0 aliphatic carbocycles. The van der Waals surface area contributed by atoms with Crippen LogP contribution < -0.4 is 10.6 Å². The molecule has 1 unspecified atom stereocenters. The number of hydrogen-bond donors (Lipinski definition) is 2. The summed E-state index contributed by atoms with van der Waals surface area (Å²) in [7, 11) is 0. The lowest BCUT2D eigenvalue weighted by Gasteiger charge is -2.23. The van der Waals surface area contributed by atoms with Gasteiger partial charge in [0, 0.05) is 18.0 Å². The summed E-state index contributed by atoms with van der Waals surface area (Å²) < 4.78 is 0. The maximum atomic E-state index is 12.1. The number of thiophene rings is 1. The van der Waals surface area contributed by atoms with Crippen molar-refractivity contribution in [3.63, 3.8) is 0 Å². The predicted octanol–water partition coefficient (Wildman–Crippen LogP) is 3.20. The molecule has 4 nitrogen and oxygen atoms in total. The zero-order valence-electron chi connectivity index (χ0n) is 11.2. The fourth-order valence-corrected chi connectivity index (χ4v) is 3.74. The fraction of sp³-hybridized carbons (Fsp3) is 0.385. The number of aromatic nitrogens is 1. The Labute approximate surface area is 144 Å². The van der Waals surface area contributed by atoms with Crippen molar-refractivity contribution in [1.29, 1.82) is 0 Å². The van der Waals surface area contributed by atoms with E-state index in [1.54, 1.807) is 11.3 Å². The van der Waals surface area contributed by atoms with Gasteiger partial charge in [-0.05, 0) is 30.8 Å². The molecule has 1 aliphatic heterocycles. The Morgan fingerprint density at radius 2 is 2.24 bits per heavy atom. The molecule has 0 bridgehead atoms. The molecule has 8 heteroatoms. The SMILES string of the molecule is Cl.Cl.O=C(NC1CCCNC1)c1csc(-c2cccs2)n1. The van der Waals surface area contributed by atoms with E-state index in [1.165, 1.54) is 11.3 Å². The second-order valence-corrected chi connectivity index (χ2v) is 6.34. The van der Waals surface area contributed by atoms with Crippen LogP contribution in [0.5, 0.6) is 0 Å². The van der Waals surface area contributed by atoms with Crippen molar-refractivity contribution >= 4 is 53.4 Å². The molecule has 2 aromatic rings. The first-order valence-corrected chi connectivity index (χ1v) is 8.10. The first-order valence-electron chi connectivity index (χ1n) is 6.34. The van der Waals surface area contributed by atoms with Gasteiger partial charge < -0.3 is 10.6 Å². The number of nitrogens with one attached hydrogen (secondary N) is 2. The van der Waals surface area contributed by atoms with Crippen LogP contribution in [-0.4, -0.2) is 30.0 Å². The van der Waals surface area contributed by atoms with Gasteiger partial charge in [-0.2, -0.15) is 0 Å². The van der Waals surface area contributed by atoms with E-state index in [1.807, 2.05) is 22.9 Å². The molecule has 0 saturated carbocycles. The Bertz CT molecular complexity index is 554. The van der Waals surface area contributed by atoms with E-state index in [0.717, 1.165) is 35.8 Å². The maximum Gasteiger partial charge on any atom is 0.271 e. The monoisotopic (exact) mass is 365 g/mol.